The van der Waals surface area contributed by atoms with Gasteiger partial charge in [-0.2, -0.15) is 5.10 Å². The van der Waals surface area contributed by atoms with Gasteiger partial charge in [-0.15, -0.1) is 0 Å². The van der Waals surface area contributed by atoms with E-state index in [9.17, 15) is 0 Å². The highest BCUT2D eigenvalue weighted by Crippen LogP contribution is 2.42. The summed E-state index contributed by atoms with van der Waals surface area (Å²) in [7, 11) is 0. The Kier molecular flexibility index (Phi) is 1.97. The minimum Gasteiger partial charge on any atom is -0.242 e. The molecule has 0 saturated carbocycles. The maximum Gasteiger partial charge on any atom is 0.154 e. The third kappa shape index (κ3) is 1.26. The monoisotopic (exact) mass is 201 g/mol. The highest BCUT2D eigenvalue weighted by Gasteiger charge is 2.35. The van der Waals surface area contributed by atoms with Gasteiger partial charge in [0.05, 0.1) is 6.04 Å². The van der Waals surface area contributed by atoms with Gasteiger partial charge in [0.1, 0.15) is 6.33 Å². The Bertz CT molecular complexity index is 416. The Morgan fingerprint density at radius 2 is 2.33 bits per heavy atom. The zero-order valence-electron chi connectivity index (χ0n) is 8.76. The lowest BCUT2D eigenvalue weighted by atomic mass is 9.89. The van der Waals surface area contributed by atoms with E-state index in [4.69, 9.17) is 0 Å². The van der Waals surface area contributed by atoms with Crippen LogP contribution in [0.3, 0.4) is 0 Å². The molecule has 0 N–H and O–H groups in total. The lowest BCUT2D eigenvalue weighted by molar-refractivity contribution is 0.388. The molecule has 1 aliphatic carbocycles. The van der Waals surface area contributed by atoms with E-state index in [1.54, 1.807) is 6.33 Å². The van der Waals surface area contributed by atoms with Crippen molar-refractivity contribution >= 4 is 5.57 Å². The van der Waals surface area contributed by atoms with Gasteiger partial charge in [0.2, 0.25) is 0 Å². The second-order valence-electron chi connectivity index (χ2n) is 4.36. The van der Waals surface area contributed by atoms with Gasteiger partial charge in [0, 0.05) is 5.92 Å². The molecule has 2 atom stereocenters. The van der Waals surface area contributed by atoms with Crippen LogP contribution in [0.25, 0.3) is 5.57 Å². The number of hydrogen-bond donors (Lipinski definition) is 0. The second-order valence-corrected chi connectivity index (χ2v) is 4.36. The zero-order chi connectivity index (χ0) is 10.3. The van der Waals surface area contributed by atoms with Crippen molar-refractivity contribution in [2.24, 2.45) is 5.92 Å². The molecule has 0 aromatic carbocycles. The molecule has 0 fully saturated rings. The van der Waals surface area contributed by atoms with Gasteiger partial charge in [-0.25, -0.2) is 9.67 Å². The van der Waals surface area contributed by atoms with E-state index in [1.807, 2.05) is 0 Å². The molecule has 3 rings (SSSR count). The van der Waals surface area contributed by atoms with Crippen LogP contribution in [-0.2, 0) is 0 Å². The molecule has 2 heterocycles. The summed E-state index contributed by atoms with van der Waals surface area (Å²) in [6.45, 7) is 4.15. The smallest absolute Gasteiger partial charge is 0.154 e. The molecule has 0 saturated heterocycles. The Labute approximate surface area is 89.5 Å². The van der Waals surface area contributed by atoms with Crippen LogP contribution < -0.4 is 0 Å². The van der Waals surface area contributed by atoms with E-state index in [1.165, 1.54) is 25.7 Å². The first-order valence-corrected chi connectivity index (χ1v) is 5.63. The SMILES string of the molecule is C=C1c2ncnn2C2CCCC/C=C\C12. The number of allylic oxidation sites excluding steroid dienone is 3. The molecule has 78 valence electrons. The summed E-state index contributed by atoms with van der Waals surface area (Å²) in [5.74, 6) is 1.41. The van der Waals surface area contributed by atoms with Crippen LogP contribution in [0.2, 0.25) is 0 Å². The number of fused-ring (bicyclic) bond motifs is 3. The fraction of sp³-hybridized carbons (Fsp3) is 0.500. The van der Waals surface area contributed by atoms with Gasteiger partial charge < -0.3 is 0 Å². The largest absolute Gasteiger partial charge is 0.242 e. The van der Waals surface area contributed by atoms with E-state index in [0.717, 1.165) is 11.4 Å². The van der Waals surface area contributed by atoms with Crippen molar-refractivity contribution in [2.45, 2.75) is 31.7 Å². The molecule has 0 spiro atoms. The van der Waals surface area contributed by atoms with E-state index < -0.39 is 0 Å². The first-order chi connectivity index (χ1) is 7.38. The fourth-order valence-corrected chi connectivity index (χ4v) is 2.66. The number of hydrogen-bond acceptors (Lipinski definition) is 2. The van der Waals surface area contributed by atoms with Crippen molar-refractivity contribution in [1.82, 2.24) is 14.8 Å². The molecule has 3 nitrogen and oxygen atoms in total. The molecule has 15 heavy (non-hydrogen) atoms. The summed E-state index contributed by atoms with van der Waals surface area (Å²) < 4.78 is 2.06. The van der Waals surface area contributed by atoms with Crippen LogP contribution in [0.1, 0.15) is 37.5 Å². The summed E-state index contributed by atoms with van der Waals surface area (Å²) in [5, 5.41) is 4.31. The van der Waals surface area contributed by atoms with Crippen molar-refractivity contribution in [3.05, 3.63) is 30.9 Å². The molecular formula is C12H15N3. The maximum absolute atomic E-state index is 4.31. The molecule has 2 unspecified atom stereocenters. The summed E-state index contributed by atoms with van der Waals surface area (Å²) in [6.07, 6.45) is 11.2. The first-order valence-electron chi connectivity index (χ1n) is 5.63. The van der Waals surface area contributed by atoms with E-state index in [-0.39, 0.29) is 0 Å². The Hall–Kier alpha value is -1.38. The Morgan fingerprint density at radius 1 is 1.40 bits per heavy atom. The lowest BCUT2D eigenvalue weighted by Crippen LogP contribution is -2.13. The van der Waals surface area contributed by atoms with Gasteiger partial charge in [0.25, 0.3) is 0 Å². The van der Waals surface area contributed by atoms with Gasteiger partial charge >= 0.3 is 0 Å². The van der Waals surface area contributed by atoms with Crippen molar-refractivity contribution in [3.63, 3.8) is 0 Å². The number of nitrogens with zero attached hydrogens (tertiary/aromatic N) is 3. The maximum atomic E-state index is 4.31. The predicted octanol–water partition coefficient (Wildman–Crippen LogP) is 2.59. The average Bonchev–Trinajstić information content (AvgIpc) is 2.72. The van der Waals surface area contributed by atoms with Crippen LogP contribution in [0.15, 0.2) is 25.1 Å². The second kappa shape index (κ2) is 3.33. The summed E-state index contributed by atoms with van der Waals surface area (Å²) in [6, 6.07) is 0.464. The van der Waals surface area contributed by atoms with Crippen LogP contribution in [-0.4, -0.2) is 14.8 Å². The summed E-state index contributed by atoms with van der Waals surface area (Å²) >= 11 is 0. The van der Waals surface area contributed by atoms with Gasteiger partial charge in [-0.1, -0.05) is 25.2 Å². The van der Waals surface area contributed by atoms with Gasteiger partial charge in [0.15, 0.2) is 5.82 Å². The van der Waals surface area contributed by atoms with Crippen molar-refractivity contribution < 1.29 is 0 Å². The van der Waals surface area contributed by atoms with Crippen LogP contribution in [0, 0.1) is 5.92 Å². The van der Waals surface area contributed by atoms with Crippen LogP contribution in [0.5, 0.6) is 0 Å². The highest BCUT2D eigenvalue weighted by atomic mass is 15.4. The third-order valence-corrected chi connectivity index (χ3v) is 3.46. The molecule has 1 aromatic rings. The molecule has 3 heteroatoms. The lowest BCUT2D eigenvalue weighted by Gasteiger charge is -2.19. The molecule has 1 aliphatic heterocycles. The minimum atomic E-state index is 0.432. The van der Waals surface area contributed by atoms with Crippen molar-refractivity contribution in [1.29, 1.82) is 0 Å². The Balaban J connectivity index is 2.03. The normalized spacial score (nSPS) is 31.6. The fourth-order valence-electron chi connectivity index (χ4n) is 2.66. The summed E-state index contributed by atoms with van der Waals surface area (Å²) in [5.41, 5.74) is 1.13. The van der Waals surface area contributed by atoms with Crippen LogP contribution >= 0.6 is 0 Å². The van der Waals surface area contributed by atoms with E-state index in [0.29, 0.717) is 12.0 Å². The Morgan fingerprint density at radius 3 is 3.27 bits per heavy atom. The van der Waals surface area contributed by atoms with E-state index >= 15 is 0 Å². The zero-order valence-corrected chi connectivity index (χ0v) is 8.76. The number of rotatable bonds is 0. The number of aromatic nitrogens is 3. The van der Waals surface area contributed by atoms with Gasteiger partial charge in [-0.05, 0) is 24.8 Å². The molecule has 0 bridgehead atoms. The summed E-state index contributed by atoms with van der Waals surface area (Å²) in [4.78, 5) is 4.28. The quantitative estimate of drug-likeness (QED) is 0.604. The molecule has 0 radical (unpaired) electrons. The topological polar surface area (TPSA) is 30.7 Å². The predicted molar refractivity (Wildman–Crippen MR) is 59.2 cm³/mol. The standard InChI is InChI=1S/C12H15N3/c1-9-10-6-4-2-3-5-7-11(10)15-12(9)13-8-14-15/h4,6,8,10-11H,1-3,5,7H2/b6-4-. The van der Waals surface area contributed by atoms with Crippen molar-refractivity contribution in [3.8, 4) is 0 Å². The highest BCUT2D eigenvalue weighted by molar-refractivity contribution is 5.65. The van der Waals surface area contributed by atoms with Gasteiger partial charge in [-0.3, -0.25) is 0 Å². The minimum absolute atomic E-state index is 0.432. The van der Waals surface area contributed by atoms with Crippen molar-refractivity contribution in [2.75, 3.05) is 0 Å². The molecule has 0 amide bonds. The molecule has 2 aliphatic rings. The third-order valence-electron chi connectivity index (χ3n) is 3.46. The van der Waals surface area contributed by atoms with E-state index in [2.05, 4.69) is 33.5 Å². The molecule has 1 aromatic heterocycles. The van der Waals surface area contributed by atoms with Crippen LogP contribution in [0.4, 0.5) is 0 Å². The molecular weight excluding hydrogens is 186 g/mol. The first kappa shape index (κ1) is 8.89. The average molecular weight is 201 g/mol.